The number of hydrogen-bond donors (Lipinski definition) is 6. The lowest BCUT2D eigenvalue weighted by atomic mass is 10.1. The van der Waals surface area contributed by atoms with Crippen molar-refractivity contribution in [3.05, 3.63) is 88.4 Å². The number of H-pyrrole nitrogens is 2. The molecule has 2 amide bonds. The molecule has 12 nitrogen and oxygen atoms in total. The normalized spacial score (nSPS) is 16.0. The number of nitrogens with two attached hydrogens (primary N) is 1. The van der Waals surface area contributed by atoms with Gasteiger partial charge in [0.2, 0.25) is 5.95 Å². The quantitative estimate of drug-likeness (QED) is 0.117. The number of nitrogens with one attached hydrogen (secondary N) is 5. The molecule has 0 saturated carbocycles. The van der Waals surface area contributed by atoms with Gasteiger partial charge in [-0.2, -0.15) is 4.39 Å². The molecule has 264 valence electrons. The molecule has 2 aromatic carbocycles. The van der Waals surface area contributed by atoms with E-state index >= 15 is 0 Å². The summed E-state index contributed by atoms with van der Waals surface area (Å²) in [6, 6.07) is 15.7. The summed E-state index contributed by atoms with van der Waals surface area (Å²) >= 11 is 0. The van der Waals surface area contributed by atoms with Gasteiger partial charge in [0.1, 0.15) is 16.9 Å². The van der Waals surface area contributed by atoms with Crippen molar-refractivity contribution >= 4 is 39.7 Å². The third-order valence-electron chi connectivity index (χ3n) is 8.43. The van der Waals surface area contributed by atoms with Crippen molar-refractivity contribution in [3.8, 4) is 22.5 Å². The lowest BCUT2D eigenvalue weighted by Crippen LogP contribution is -2.17. The van der Waals surface area contributed by atoms with E-state index in [1.807, 2.05) is 71.0 Å². The topological polar surface area (TPSA) is 179 Å². The van der Waals surface area contributed by atoms with Gasteiger partial charge in [-0.1, -0.05) is 38.1 Å². The molecule has 6 aromatic rings. The second kappa shape index (κ2) is 13.9. The molecule has 0 unspecified atom stereocenters. The number of amides is 2. The van der Waals surface area contributed by atoms with Crippen LogP contribution in [0.2, 0.25) is 0 Å². The number of aromatic nitrogens is 6. The molecule has 13 heteroatoms. The fourth-order valence-electron chi connectivity index (χ4n) is 6.14. The average Bonchev–Trinajstić information content (AvgIpc) is 3.81. The summed E-state index contributed by atoms with van der Waals surface area (Å²) in [6.45, 7) is 15.5. The number of para-hydroxylation sites is 2. The number of fused-ring (bicyclic) bond motifs is 4. The fourth-order valence-corrected chi connectivity index (χ4v) is 6.14. The van der Waals surface area contributed by atoms with Gasteiger partial charge in [0.05, 0.1) is 57.0 Å². The van der Waals surface area contributed by atoms with Crippen molar-refractivity contribution in [3.63, 3.8) is 0 Å². The number of aromatic amines is 2. The first kappa shape index (κ1) is 35.1. The molecule has 8 rings (SSSR count). The van der Waals surface area contributed by atoms with Crippen molar-refractivity contribution < 1.29 is 14.0 Å². The number of benzene rings is 2. The van der Waals surface area contributed by atoms with Gasteiger partial charge in [-0.05, 0) is 71.8 Å². The molecular formula is C38H43FN10O2. The average molecular weight is 691 g/mol. The number of carbonyl (C=O) groups is 2. The van der Waals surface area contributed by atoms with Crippen LogP contribution in [0.25, 0.3) is 44.6 Å². The smallest absolute Gasteiger partial charge is 0.253 e. The Kier molecular flexibility index (Phi) is 9.58. The number of nitrogens with zero attached hydrogens (tertiary/aromatic N) is 4. The van der Waals surface area contributed by atoms with Crippen molar-refractivity contribution in [2.75, 3.05) is 5.32 Å². The zero-order chi connectivity index (χ0) is 36.7. The standard InChI is InChI=1S/C19H21N5O.C16H13FN4O.C3H9N/c1-9(2)20-18-11(4)21-14-7-5-6-12(17(14)24-18)15-8-13-16(23-15)10(3)22-19(13)25;1-7-13-10(16(22)19-7)6-12(20-13)9-4-3-5-11-14(9)21-15(17)8(2)18-11;1-3(2)4/h5-10,23H,1-4H3,(H,20,24)(H,22,25);3-7,20H,1-2H3,(H,19,22);3H,4H2,1-2H3/t10-;7-;/m11./s1. The van der Waals surface area contributed by atoms with Crippen LogP contribution in [0, 0.1) is 19.8 Å². The summed E-state index contributed by atoms with van der Waals surface area (Å²) in [4.78, 5) is 48.3. The Morgan fingerprint density at radius 3 is 1.61 bits per heavy atom. The Balaban J connectivity index is 0.000000160. The van der Waals surface area contributed by atoms with E-state index in [4.69, 9.17) is 10.7 Å². The Morgan fingerprint density at radius 1 is 0.706 bits per heavy atom. The first-order valence-electron chi connectivity index (χ1n) is 17.0. The zero-order valence-electron chi connectivity index (χ0n) is 30.0. The minimum Gasteiger partial charge on any atom is -0.366 e. The highest BCUT2D eigenvalue weighted by Gasteiger charge is 2.30. The first-order chi connectivity index (χ1) is 24.2. The third-order valence-corrected chi connectivity index (χ3v) is 8.43. The maximum absolute atomic E-state index is 13.8. The Hall–Kier alpha value is -5.69. The maximum atomic E-state index is 13.8. The second-order valence-corrected chi connectivity index (χ2v) is 13.6. The summed E-state index contributed by atoms with van der Waals surface area (Å²) in [5.41, 5.74) is 15.5. The molecule has 0 radical (unpaired) electrons. The van der Waals surface area contributed by atoms with Gasteiger partial charge in [0.15, 0.2) is 0 Å². The van der Waals surface area contributed by atoms with E-state index in [-0.39, 0.29) is 35.6 Å². The minimum atomic E-state index is -0.579. The summed E-state index contributed by atoms with van der Waals surface area (Å²) in [5, 5.41) is 9.09. The molecule has 2 aliphatic rings. The molecule has 2 atom stereocenters. The summed E-state index contributed by atoms with van der Waals surface area (Å²) in [7, 11) is 0. The number of aryl methyl sites for hydroxylation is 2. The number of halogens is 1. The Morgan fingerprint density at radius 2 is 1.16 bits per heavy atom. The Bertz CT molecular complexity index is 2290. The highest BCUT2D eigenvalue weighted by molar-refractivity contribution is 6.02. The van der Waals surface area contributed by atoms with E-state index in [1.54, 1.807) is 19.1 Å². The molecule has 0 aliphatic carbocycles. The van der Waals surface area contributed by atoms with Gasteiger partial charge >= 0.3 is 0 Å². The molecule has 0 bridgehead atoms. The van der Waals surface area contributed by atoms with E-state index in [0.717, 1.165) is 56.4 Å². The zero-order valence-corrected chi connectivity index (χ0v) is 30.0. The lowest BCUT2D eigenvalue weighted by molar-refractivity contribution is 0.0950. The van der Waals surface area contributed by atoms with Gasteiger partial charge in [0.25, 0.3) is 11.8 Å². The van der Waals surface area contributed by atoms with Crippen LogP contribution in [-0.2, 0) is 0 Å². The molecule has 4 aromatic heterocycles. The predicted molar refractivity (Wildman–Crippen MR) is 198 cm³/mol. The van der Waals surface area contributed by atoms with Crippen LogP contribution in [0.3, 0.4) is 0 Å². The van der Waals surface area contributed by atoms with Gasteiger partial charge in [-0.15, -0.1) is 0 Å². The van der Waals surface area contributed by atoms with Crippen molar-refractivity contribution in [1.29, 1.82) is 0 Å². The van der Waals surface area contributed by atoms with Crippen LogP contribution in [0.1, 0.15) is 97.1 Å². The summed E-state index contributed by atoms with van der Waals surface area (Å²) < 4.78 is 13.8. The van der Waals surface area contributed by atoms with E-state index in [1.165, 1.54) is 0 Å². The molecule has 0 fully saturated rings. The van der Waals surface area contributed by atoms with Crippen molar-refractivity contribution in [2.45, 2.75) is 79.6 Å². The second-order valence-electron chi connectivity index (χ2n) is 13.6. The molecular weight excluding hydrogens is 647 g/mol. The minimum absolute atomic E-state index is 0.00211. The lowest BCUT2D eigenvalue weighted by Gasteiger charge is -2.13. The highest BCUT2D eigenvalue weighted by Crippen LogP contribution is 2.34. The van der Waals surface area contributed by atoms with Crippen LogP contribution in [-0.4, -0.2) is 53.8 Å². The van der Waals surface area contributed by atoms with Gasteiger partial charge in [-0.3, -0.25) is 9.59 Å². The molecule has 7 N–H and O–H groups in total. The van der Waals surface area contributed by atoms with Gasteiger partial charge in [0, 0.05) is 28.6 Å². The molecule has 0 saturated heterocycles. The largest absolute Gasteiger partial charge is 0.366 e. The number of hydrogen-bond acceptors (Lipinski definition) is 8. The van der Waals surface area contributed by atoms with Crippen molar-refractivity contribution in [2.24, 2.45) is 5.73 Å². The predicted octanol–water partition coefficient (Wildman–Crippen LogP) is 6.79. The van der Waals surface area contributed by atoms with E-state index in [0.29, 0.717) is 28.2 Å². The SMILES string of the molecule is CC(C)N.Cc1nc2cccc(-c3cc4c([nH]3)[C@@H](C)NC4=O)c2nc1F.Cc1nc2cccc(-c3cc4c([nH]3)[C@@H](C)NC4=O)c2nc1NC(C)C. The van der Waals surface area contributed by atoms with Crippen LogP contribution < -0.4 is 21.7 Å². The molecule has 51 heavy (non-hydrogen) atoms. The molecule has 2 aliphatic heterocycles. The van der Waals surface area contributed by atoms with Crippen LogP contribution in [0.4, 0.5) is 10.2 Å². The van der Waals surface area contributed by atoms with Crippen molar-refractivity contribution in [1.82, 2.24) is 40.5 Å². The summed E-state index contributed by atoms with van der Waals surface area (Å²) in [6.07, 6.45) is 0. The van der Waals surface area contributed by atoms with E-state index < -0.39 is 5.95 Å². The van der Waals surface area contributed by atoms with E-state index in [2.05, 4.69) is 54.7 Å². The maximum Gasteiger partial charge on any atom is 0.253 e. The van der Waals surface area contributed by atoms with Crippen LogP contribution >= 0.6 is 0 Å². The fraction of sp³-hybridized carbons (Fsp3) is 0.316. The van der Waals surface area contributed by atoms with Crippen LogP contribution in [0.5, 0.6) is 0 Å². The Labute approximate surface area is 295 Å². The monoisotopic (exact) mass is 690 g/mol. The van der Waals surface area contributed by atoms with E-state index in [9.17, 15) is 14.0 Å². The number of carbonyl (C=O) groups excluding carboxylic acids is 2. The summed E-state index contributed by atoms with van der Waals surface area (Å²) in [5.74, 6) is 0.0815. The molecule has 0 spiro atoms. The number of anilines is 1. The van der Waals surface area contributed by atoms with Gasteiger partial charge < -0.3 is 31.7 Å². The van der Waals surface area contributed by atoms with Crippen LogP contribution in [0.15, 0.2) is 48.5 Å². The molecule has 6 heterocycles. The van der Waals surface area contributed by atoms with Gasteiger partial charge in [-0.25, -0.2) is 19.9 Å². The number of rotatable bonds is 4. The highest BCUT2D eigenvalue weighted by atomic mass is 19.1. The first-order valence-corrected chi connectivity index (χ1v) is 17.0. The third kappa shape index (κ3) is 7.02.